The van der Waals surface area contributed by atoms with Crippen molar-refractivity contribution in [2.75, 3.05) is 0 Å². The second kappa shape index (κ2) is 4.26. The van der Waals surface area contributed by atoms with Gasteiger partial charge in [0, 0.05) is 5.69 Å². The fourth-order valence-electron chi connectivity index (χ4n) is 1.58. The Labute approximate surface area is 83.5 Å². The minimum atomic E-state index is -1.06. The second-order valence-corrected chi connectivity index (χ2v) is 3.50. The quantitative estimate of drug-likeness (QED) is 0.706. The molecule has 1 atom stereocenters. The lowest BCUT2D eigenvalue weighted by atomic mass is 10.1. The molecular formula is C10H15N2O2-. The molecule has 0 bridgehead atoms. The molecular weight excluding hydrogens is 180 g/mol. The van der Waals surface area contributed by atoms with Gasteiger partial charge in [-0.3, -0.25) is 4.68 Å². The van der Waals surface area contributed by atoms with Crippen LogP contribution in [0, 0.1) is 13.8 Å². The van der Waals surface area contributed by atoms with E-state index in [1.165, 1.54) is 4.68 Å². The third-order valence-electron chi connectivity index (χ3n) is 2.17. The van der Waals surface area contributed by atoms with Gasteiger partial charge in [-0.05, 0) is 26.3 Å². The van der Waals surface area contributed by atoms with Gasteiger partial charge in [0.15, 0.2) is 0 Å². The predicted octanol–water partition coefficient (Wildman–Crippen LogP) is 0.591. The van der Waals surface area contributed by atoms with Gasteiger partial charge in [-0.15, -0.1) is 0 Å². The molecule has 0 saturated carbocycles. The van der Waals surface area contributed by atoms with Gasteiger partial charge in [0.2, 0.25) is 0 Å². The third-order valence-corrected chi connectivity index (χ3v) is 2.17. The highest BCUT2D eigenvalue weighted by Gasteiger charge is 2.14. The largest absolute Gasteiger partial charge is 0.548 e. The van der Waals surface area contributed by atoms with Crippen molar-refractivity contribution < 1.29 is 9.90 Å². The van der Waals surface area contributed by atoms with Gasteiger partial charge in [0.1, 0.15) is 0 Å². The zero-order valence-corrected chi connectivity index (χ0v) is 8.78. The Morgan fingerprint density at radius 1 is 1.64 bits per heavy atom. The first kappa shape index (κ1) is 10.8. The van der Waals surface area contributed by atoms with Gasteiger partial charge >= 0.3 is 0 Å². The number of carboxylic acid groups (broad SMARTS) is 1. The Morgan fingerprint density at radius 3 is 2.64 bits per heavy atom. The fourth-order valence-corrected chi connectivity index (χ4v) is 1.58. The summed E-state index contributed by atoms with van der Waals surface area (Å²) < 4.78 is 1.54. The van der Waals surface area contributed by atoms with Crippen molar-refractivity contribution in [2.45, 2.75) is 39.7 Å². The van der Waals surface area contributed by atoms with E-state index < -0.39 is 12.0 Å². The van der Waals surface area contributed by atoms with Crippen molar-refractivity contribution >= 4 is 5.97 Å². The molecule has 0 aliphatic carbocycles. The van der Waals surface area contributed by atoms with Crippen LogP contribution in [-0.2, 0) is 4.79 Å². The van der Waals surface area contributed by atoms with E-state index >= 15 is 0 Å². The third kappa shape index (κ3) is 2.13. The SMILES string of the molecule is CCC[C@@H](C(=O)[O-])n1nc(C)cc1C. The molecule has 0 aromatic carbocycles. The number of carboxylic acids is 1. The van der Waals surface area contributed by atoms with Gasteiger partial charge < -0.3 is 9.90 Å². The summed E-state index contributed by atoms with van der Waals surface area (Å²) in [6.45, 7) is 5.65. The van der Waals surface area contributed by atoms with Crippen LogP contribution in [-0.4, -0.2) is 15.7 Å². The Balaban J connectivity index is 2.98. The summed E-state index contributed by atoms with van der Waals surface area (Å²) in [4.78, 5) is 10.9. The van der Waals surface area contributed by atoms with Crippen molar-refractivity contribution in [1.29, 1.82) is 0 Å². The fraction of sp³-hybridized carbons (Fsp3) is 0.600. The highest BCUT2D eigenvalue weighted by Crippen LogP contribution is 2.15. The van der Waals surface area contributed by atoms with E-state index in [2.05, 4.69) is 5.10 Å². The number of aliphatic carboxylic acids is 1. The van der Waals surface area contributed by atoms with Crippen LogP contribution in [0.15, 0.2) is 6.07 Å². The summed E-state index contributed by atoms with van der Waals surface area (Å²) >= 11 is 0. The summed E-state index contributed by atoms with van der Waals surface area (Å²) in [5, 5.41) is 15.0. The number of aromatic nitrogens is 2. The minimum Gasteiger partial charge on any atom is -0.548 e. The molecule has 0 N–H and O–H groups in total. The molecule has 0 saturated heterocycles. The Hall–Kier alpha value is -1.32. The smallest absolute Gasteiger partial charge is 0.0915 e. The first-order valence-corrected chi connectivity index (χ1v) is 4.80. The lowest BCUT2D eigenvalue weighted by molar-refractivity contribution is -0.310. The minimum absolute atomic E-state index is 0.560. The zero-order valence-electron chi connectivity index (χ0n) is 8.78. The average molecular weight is 195 g/mol. The van der Waals surface area contributed by atoms with Crippen LogP contribution >= 0.6 is 0 Å². The number of carbonyl (C=O) groups excluding carboxylic acids is 1. The van der Waals surface area contributed by atoms with Gasteiger partial charge in [0.25, 0.3) is 0 Å². The molecule has 1 rings (SSSR count). The van der Waals surface area contributed by atoms with E-state index in [-0.39, 0.29) is 0 Å². The Kier molecular flexibility index (Phi) is 3.28. The molecule has 14 heavy (non-hydrogen) atoms. The van der Waals surface area contributed by atoms with E-state index in [0.29, 0.717) is 6.42 Å². The van der Waals surface area contributed by atoms with Crippen molar-refractivity contribution in [1.82, 2.24) is 9.78 Å². The standard InChI is InChI=1S/C10H16N2O2/c1-4-5-9(10(13)14)12-8(3)6-7(2)11-12/h6,9H,4-5H2,1-3H3,(H,13,14)/p-1/t9-/m0/s1. The van der Waals surface area contributed by atoms with Crippen LogP contribution in [0.25, 0.3) is 0 Å². The van der Waals surface area contributed by atoms with Crippen LogP contribution in [0.1, 0.15) is 37.2 Å². The monoisotopic (exact) mass is 195 g/mol. The molecule has 0 spiro atoms. The molecule has 1 aromatic heterocycles. The van der Waals surface area contributed by atoms with E-state index in [9.17, 15) is 9.90 Å². The highest BCUT2D eigenvalue weighted by molar-refractivity contribution is 5.69. The van der Waals surface area contributed by atoms with E-state index in [0.717, 1.165) is 17.8 Å². The lowest BCUT2D eigenvalue weighted by Gasteiger charge is -2.19. The molecule has 0 radical (unpaired) electrons. The van der Waals surface area contributed by atoms with Crippen LogP contribution in [0.2, 0.25) is 0 Å². The molecule has 1 heterocycles. The summed E-state index contributed by atoms with van der Waals surface area (Å²) in [5.41, 5.74) is 1.70. The number of nitrogens with zero attached hydrogens (tertiary/aromatic N) is 2. The molecule has 0 unspecified atom stereocenters. The number of hydrogen-bond acceptors (Lipinski definition) is 3. The first-order chi connectivity index (χ1) is 6.56. The number of hydrogen-bond donors (Lipinski definition) is 0. The highest BCUT2D eigenvalue weighted by atomic mass is 16.4. The van der Waals surface area contributed by atoms with Crippen molar-refractivity contribution in [2.24, 2.45) is 0 Å². The number of aryl methyl sites for hydroxylation is 2. The molecule has 0 amide bonds. The maximum absolute atomic E-state index is 10.9. The van der Waals surface area contributed by atoms with Crippen LogP contribution < -0.4 is 5.11 Å². The van der Waals surface area contributed by atoms with Gasteiger partial charge in [-0.1, -0.05) is 13.3 Å². The molecule has 0 fully saturated rings. The van der Waals surface area contributed by atoms with E-state index in [1.54, 1.807) is 0 Å². The molecule has 4 nitrogen and oxygen atoms in total. The summed E-state index contributed by atoms with van der Waals surface area (Å²) in [6.07, 6.45) is 1.36. The summed E-state index contributed by atoms with van der Waals surface area (Å²) in [5.74, 6) is -1.06. The van der Waals surface area contributed by atoms with Gasteiger partial charge in [-0.2, -0.15) is 5.10 Å². The van der Waals surface area contributed by atoms with E-state index in [4.69, 9.17) is 0 Å². The van der Waals surface area contributed by atoms with E-state index in [1.807, 2.05) is 26.8 Å². The second-order valence-electron chi connectivity index (χ2n) is 3.50. The average Bonchev–Trinajstić information content (AvgIpc) is 2.40. The lowest BCUT2D eigenvalue weighted by Crippen LogP contribution is -2.34. The molecule has 0 aliphatic rings. The van der Waals surface area contributed by atoms with Crippen LogP contribution in [0.5, 0.6) is 0 Å². The Bertz CT molecular complexity index is 331. The number of rotatable bonds is 4. The van der Waals surface area contributed by atoms with Crippen molar-refractivity contribution in [3.63, 3.8) is 0 Å². The van der Waals surface area contributed by atoms with Gasteiger partial charge in [-0.25, -0.2) is 0 Å². The molecule has 4 heteroatoms. The van der Waals surface area contributed by atoms with Crippen molar-refractivity contribution in [3.8, 4) is 0 Å². The maximum Gasteiger partial charge on any atom is 0.0915 e. The Morgan fingerprint density at radius 2 is 2.29 bits per heavy atom. The zero-order chi connectivity index (χ0) is 10.7. The van der Waals surface area contributed by atoms with Crippen molar-refractivity contribution in [3.05, 3.63) is 17.5 Å². The van der Waals surface area contributed by atoms with Gasteiger partial charge in [0.05, 0.1) is 17.7 Å². The molecule has 1 aromatic rings. The normalized spacial score (nSPS) is 12.8. The predicted molar refractivity (Wildman–Crippen MR) is 50.7 cm³/mol. The number of carbonyl (C=O) groups is 1. The summed E-state index contributed by atoms with van der Waals surface area (Å²) in [7, 11) is 0. The maximum atomic E-state index is 10.9. The topological polar surface area (TPSA) is 57.9 Å². The molecule has 78 valence electrons. The van der Waals surface area contributed by atoms with Crippen LogP contribution in [0.3, 0.4) is 0 Å². The van der Waals surface area contributed by atoms with Crippen LogP contribution in [0.4, 0.5) is 0 Å². The first-order valence-electron chi connectivity index (χ1n) is 4.80. The molecule has 0 aliphatic heterocycles. The summed E-state index contributed by atoms with van der Waals surface area (Å²) in [6, 6.07) is 1.24.